The van der Waals surface area contributed by atoms with Crippen LogP contribution in [0.4, 0.5) is 5.69 Å². The van der Waals surface area contributed by atoms with Gasteiger partial charge in [-0.1, -0.05) is 41.4 Å². The van der Waals surface area contributed by atoms with E-state index in [0.717, 1.165) is 50.9 Å². The molecule has 3 nitrogen and oxygen atoms in total. The first kappa shape index (κ1) is 17.0. The van der Waals surface area contributed by atoms with Crippen LogP contribution in [0.5, 0.6) is 0 Å². The standard InChI is InChI=1S/C19H26BrNO2/c1-2-5-16(20)13-14-8-9-17-15(12-14)6-3-10-21(17)19(22)18-7-4-11-23-18/h8-9,12,16,18H,2-7,10-11,13H2,1H3. The predicted octanol–water partition coefficient (Wildman–Crippen LogP) is 4.25. The summed E-state index contributed by atoms with van der Waals surface area (Å²) >= 11 is 3.77. The van der Waals surface area contributed by atoms with Crippen molar-refractivity contribution in [3.8, 4) is 0 Å². The highest BCUT2D eigenvalue weighted by atomic mass is 79.9. The molecule has 1 fully saturated rings. The average Bonchev–Trinajstić information content (AvgIpc) is 3.08. The third-order valence-corrected chi connectivity index (χ3v) is 5.57. The van der Waals surface area contributed by atoms with Crippen LogP contribution < -0.4 is 4.90 Å². The molecule has 4 heteroatoms. The van der Waals surface area contributed by atoms with Gasteiger partial charge in [-0.3, -0.25) is 4.79 Å². The van der Waals surface area contributed by atoms with Gasteiger partial charge < -0.3 is 9.64 Å². The van der Waals surface area contributed by atoms with Crippen LogP contribution in [-0.4, -0.2) is 30.0 Å². The molecule has 2 atom stereocenters. The summed E-state index contributed by atoms with van der Waals surface area (Å²) in [5, 5.41) is 0. The first-order chi connectivity index (χ1) is 11.2. The summed E-state index contributed by atoms with van der Waals surface area (Å²) in [5.41, 5.74) is 3.78. The topological polar surface area (TPSA) is 29.5 Å². The van der Waals surface area contributed by atoms with Gasteiger partial charge >= 0.3 is 0 Å². The number of nitrogens with zero attached hydrogens (tertiary/aromatic N) is 1. The maximum Gasteiger partial charge on any atom is 0.256 e. The van der Waals surface area contributed by atoms with Gasteiger partial charge in [-0.05, 0) is 55.7 Å². The lowest BCUT2D eigenvalue weighted by atomic mass is 9.96. The summed E-state index contributed by atoms with van der Waals surface area (Å²) < 4.78 is 5.59. The number of ether oxygens (including phenoxy) is 1. The molecular formula is C19H26BrNO2. The van der Waals surface area contributed by atoms with Gasteiger partial charge in [0, 0.05) is 23.7 Å². The van der Waals surface area contributed by atoms with Gasteiger partial charge in [-0.25, -0.2) is 0 Å². The highest BCUT2D eigenvalue weighted by molar-refractivity contribution is 9.09. The Bertz CT molecular complexity index is 554. The largest absolute Gasteiger partial charge is 0.368 e. The minimum Gasteiger partial charge on any atom is -0.368 e. The summed E-state index contributed by atoms with van der Waals surface area (Å²) in [6.45, 7) is 3.76. The molecule has 23 heavy (non-hydrogen) atoms. The number of halogens is 1. The van der Waals surface area contributed by atoms with Crippen molar-refractivity contribution in [2.75, 3.05) is 18.1 Å². The Morgan fingerprint density at radius 3 is 3.04 bits per heavy atom. The fourth-order valence-electron chi connectivity index (χ4n) is 3.62. The second-order valence-electron chi connectivity index (χ2n) is 6.65. The van der Waals surface area contributed by atoms with E-state index >= 15 is 0 Å². The molecule has 1 amide bonds. The van der Waals surface area contributed by atoms with Crippen molar-refractivity contribution < 1.29 is 9.53 Å². The quantitative estimate of drug-likeness (QED) is 0.715. The lowest BCUT2D eigenvalue weighted by molar-refractivity contribution is -0.127. The van der Waals surface area contributed by atoms with Gasteiger partial charge in [0.25, 0.3) is 5.91 Å². The maximum atomic E-state index is 12.7. The Labute approximate surface area is 147 Å². The second kappa shape index (κ2) is 7.80. The van der Waals surface area contributed by atoms with E-state index in [1.165, 1.54) is 24.0 Å². The van der Waals surface area contributed by atoms with Gasteiger partial charge in [0.1, 0.15) is 6.10 Å². The van der Waals surface area contributed by atoms with Crippen molar-refractivity contribution in [3.63, 3.8) is 0 Å². The van der Waals surface area contributed by atoms with E-state index in [4.69, 9.17) is 4.74 Å². The zero-order chi connectivity index (χ0) is 16.2. The lowest BCUT2D eigenvalue weighted by Gasteiger charge is -2.31. The highest BCUT2D eigenvalue weighted by Crippen LogP contribution is 2.31. The second-order valence-corrected chi connectivity index (χ2v) is 7.94. The maximum absolute atomic E-state index is 12.7. The monoisotopic (exact) mass is 379 g/mol. The van der Waals surface area contributed by atoms with Crippen LogP contribution in [0, 0.1) is 0 Å². The zero-order valence-electron chi connectivity index (χ0n) is 13.9. The third-order valence-electron chi connectivity index (χ3n) is 4.79. The fourth-order valence-corrected chi connectivity index (χ4v) is 4.46. The lowest BCUT2D eigenvalue weighted by Crippen LogP contribution is -2.42. The number of hydrogen-bond donors (Lipinski definition) is 0. The smallest absolute Gasteiger partial charge is 0.256 e. The summed E-state index contributed by atoms with van der Waals surface area (Å²) in [6.07, 6.45) is 7.20. The normalized spacial score (nSPS) is 22.0. The molecule has 2 heterocycles. The van der Waals surface area contributed by atoms with Gasteiger partial charge in [0.15, 0.2) is 0 Å². The molecule has 0 saturated carbocycles. The number of aryl methyl sites for hydroxylation is 1. The Morgan fingerprint density at radius 1 is 1.43 bits per heavy atom. The molecule has 0 bridgehead atoms. The Balaban J connectivity index is 1.75. The van der Waals surface area contributed by atoms with Gasteiger partial charge in [0.05, 0.1) is 0 Å². The molecule has 0 aliphatic carbocycles. The Kier molecular flexibility index (Phi) is 5.76. The predicted molar refractivity (Wildman–Crippen MR) is 97.4 cm³/mol. The molecule has 3 rings (SSSR count). The zero-order valence-corrected chi connectivity index (χ0v) is 15.5. The number of fused-ring (bicyclic) bond motifs is 1. The SMILES string of the molecule is CCCC(Br)Cc1ccc2c(c1)CCCN2C(=O)C1CCCO1. The molecule has 1 aromatic rings. The number of benzene rings is 1. The van der Waals surface area contributed by atoms with Crippen LogP contribution >= 0.6 is 15.9 Å². The number of alkyl halides is 1. The summed E-state index contributed by atoms with van der Waals surface area (Å²) in [5.74, 6) is 0.153. The minimum atomic E-state index is -0.225. The summed E-state index contributed by atoms with van der Waals surface area (Å²) in [4.78, 5) is 15.2. The molecule has 0 radical (unpaired) electrons. The van der Waals surface area contributed by atoms with Crippen LogP contribution in [0.15, 0.2) is 18.2 Å². The van der Waals surface area contributed by atoms with E-state index < -0.39 is 0 Å². The van der Waals surface area contributed by atoms with Crippen molar-refractivity contribution in [2.24, 2.45) is 0 Å². The molecule has 0 N–H and O–H groups in total. The third kappa shape index (κ3) is 3.97. The number of anilines is 1. The van der Waals surface area contributed by atoms with Crippen molar-refractivity contribution >= 4 is 27.5 Å². The molecule has 0 spiro atoms. The van der Waals surface area contributed by atoms with E-state index in [2.05, 4.69) is 41.1 Å². The molecule has 1 aromatic carbocycles. The van der Waals surface area contributed by atoms with Crippen molar-refractivity contribution in [1.82, 2.24) is 0 Å². The van der Waals surface area contributed by atoms with Gasteiger partial charge in [-0.15, -0.1) is 0 Å². The van der Waals surface area contributed by atoms with Gasteiger partial charge in [-0.2, -0.15) is 0 Å². The molecular weight excluding hydrogens is 354 g/mol. The van der Waals surface area contributed by atoms with Crippen LogP contribution in [0.1, 0.15) is 50.2 Å². The molecule has 1 saturated heterocycles. The van der Waals surface area contributed by atoms with E-state index in [-0.39, 0.29) is 12.0 Å². The molecule has 2 aliphatic rings. The molecule has 126 valence electrons. The van der Waals surface area contributed by atoms with Crippen LogP contribution in [0.2, 0.25) is 0 Å². The van der Waals surface area contributed by atoms with E-state index in [1.54, 1.807) is 0 Å². The van der Waals surface area contributed by atoms with Crippen molar-refractivity contribution in [2.45, 2.75) is 62.8 Å². The van der Waals surface area contributed by atoms with Crippen LogP contribution in [-0.2, 0) is 22.4 Å². The van der Waals surface area contributed by atoms with Crippen molar-refractivity contribution in [1.29, 1.82) is 0 Å². The van der Waals surface area contributed by atoms with Gasteiger partial charge in [0.2, 0.25) is 0 Å². The van der Waals surface area contributed by atoms with Crippen LogP contribution in [0.25, 0.3) is 0 Å². The first-order valence-corrected chi connectivity index (χ1v) is 9.79. The first-order valence-electron chi connectivity index (χ1n) is 8.88. The average molecular weight is 380 g/mol. The Hall–Kier alpha value is -0.870. The number of rotatable bonds is 5. The number of carbonyl (C=O) groups is 1. The fraction of sp³-hybridized carbons (Fsp3) is 0.632. The number of carbonyl (C=O) groups excluding carboxylic acids is 1. The highest BCUT2D eigenvalue weighted by Gasteiger charge is 2.31. The Morgan fingerprint density at radius 2 is 2.30 bits per heavy atom. The van der Waals surface area contributed by atoms with E-state index in [9.17, 15) is 4.79 Å². The summed E-state index contributed by atoms with van der Waals surface area (Å²) in [7, 11) is 0. The molecule has 2 unspecified atom stereocenters. The van der Waals surface area contributed by atoms with Crippen molar-refractivity contribution in [3.05, 3.63) is 29.3 Å². The minimum absolute atomic E-state index is 0.153. The number of amides is 1. The van der Waals surface area contributed by atoms with E-state index in [0.29, 0.717) is 4.83 Å². The summed E-state index contributed by atoms with van der Waals surface area (Å²) in [6, 6.07) is 6.63. The van der Waals surface area contributed by atoms with E-state index in [1.807, 2.05) is 4.90 Å². The number of hydrogen-bond acceptors (Lipinski definition) is 2. The van der Waals surface area contributed by atoms with Crippen LogP contribution in [0.3, 0.4) is 0 Å². The molecule has 0 aromatic heterocycles. The molecule has 2 aliphatic heterocycles.